The van der Waals surface area contributed by atoms with Crippen molar-refractivity contribution in [1.29, 1.82) is 0 Å². The van der Waals surface area contributed by atoms with Crippen LogP contribution in [0.25, 0.3) is 0 Å². The lowest BCUT2D eigenvalue weighted by Crippen LogP contribution is -2.19. The molecule has 2 saturated carbocycles. The molecule has 3 aromatic rings. The van der Waals surface area contributed by atoms with Crippen molar-refractivity contribution >= 4 is 11.8 Å². The molecule has 3 aliphatic rings. The zero-order valence-electron chi connectivity index (χ0n) is 16.5. The fourth-order valence-corrected chi connectivity index (χ4v) is 4.96. The first-order chi connectivity index (χ1) is 14.8. The Bertz CT molecular complexity index is 1080. The summed E-state index contributed by atoms with van der Waals surface area (Å²) in [5.74, 6) is 2.74. The molecule has 1 atom stereocenters. The number of ether oxygens (including phenoxy) is 2. The van der Waals surface area contributed by atoms with Crippen LogP contribution in [0.2, 0.25) is 0 Å². The SMILES string of the molecule is Fc1cc2c(c(CSc3nnc(C4CC4)n3C3CC3)c1)O[C@@H](c1ccccc1)OC2. The molecule has 0 bridgehead atoms. The van der Waals surface area contributed by atoms with Crippen LogP contribution < -0.4 is 4.74 Å². The lowest BCUT2D eigenvalue weighted by Gasteiger charge is -2.28. The van der Waals surface area contributed by atoms with Crippen LogP contribution in [-0.4, -0.2) is 14.8 Å². The molecule has 7 heteroatoms. The van der Waals surface area contributed by atoms with Gasteiger partial charge in [-0.1, -0.05) is 42.1 Å². The molecule has 0 saturated heterocycles. The molecule has 0 spiro atoms. The molecule has 30 heavy (non-hydrogen) atoms. The Kier molecular flexibility index (Phi) is 4.53. The lowest BCUT2D eigenvalue weighted by molar-refractivity contribution is -0.112. The van der Waals surface area contributed by atoms with Gasteiger partial charge in [0.1, 0.15) is 17.4 Å². The van der Waals surface area contributed by atoms with Gasteiger partial charge in [0, 0.05) is 34.4 Å². The van der Waals surface area contributed by atoms with E-state index >= 15 is 0 Å². The predicted octanol–water partition coefficient (Wildman–Crippen LogP) is 5.53. The van der Waals surface area contributed by atoms with Gasteiger partial charge in [-0.05, 0) is 37.8 Å². The largest absolute Gasteiger partial charge is 0.460 e. The smallest absolute Gasteiger partial charge is 0.227 e. The van der Waals surface area contributed by atoms with Gasteiger partial charge in [0.25, 0.3) is 0 Å². The van der Waals surface area contributed by atoms with Gasteiger partial charge >= 0.3 is 0 Å². The van der Waals surface area contributed by atoms with E-state index in [1.165, 1.54) is 31.7 Å². The summed E-state index contributed by atoms with van der Waals surface area (Å²) in [7, 11) is 0. The van der Waals surface area contributed by atoms with Gasteiger partial charge in [-0.25, -0.2) is 4.39 Å². The average Bonchev–Trinajstić information content (AvgIpc) is 3.71. The van der Waals surface area contributed by atoms with Crippen LogP contribution in [0.4, 0.5) is 4.39 Å². The van der Waals surface area contributed by atoms with E-state index in [4.69, 9.17) is 9.47 Å². The van der Waals surface area contributed by atoms with Gasteiger partial charge in [-0.2, -0.15) is 0 Å². The Morgan fingerprint density at radius 1 is 1.07 bits per heavy atom. The van der Waals surface area contributed by atoms with Crippen LogP contribution in [0.1, 0.15) is 66.4 Å². The third kappa shape index (κ3) is 3.50. The highest BCUT2D eigenvalue weighted by Crippen LogP contribution is 2.47. The monoisotopic (exact) mass is 423 g/mol. The quantitative estimate of drug-likeness (QED) is 0.488. The maximum absolute atomic E-state index is 14.3. The highest BCUT2D eigenvalue weighted by atomic mass is 32.2. The van der Waals surface area contributed by atoms with Crippen molar-refractivity contribution < 1.29 is 13.9 Å². The molecule has 5 nitrogen and oxygen atoms in total. The molecule has 1 aromatic heterocycles. The first-order valence-corrected chi connectivity index (χ1v) is 11.5. The molecule has 1 aliphatic heterocycles. The molecular formula is C23H22FN3O2S. The maximum Gasteiger partial charge on any atom is 0.227 e. The number of benzene rings is 2. The summed E-state index contributed by atoms with van der Waals surface area (Å²) in [4.78, 5) is 0. The van der Waals surface area contributed by atoms with Crippen LogP contribution in [0.5, 0.6) is 5.75 Å². The van der Waals surface area contributed by atoms with E-state index < -0.39 is 6.29 Å². The topological polar surface area (TPSA) is 49.2 Å². The first kappa shape index (κ1) is 18.4. The summed E-state index contributed by atoms with van der Waals surface area (Å²) >= 11 is 1.61. The minimum Gasteiger partial charge on any atom is -0.460 e. The van der Waals surface area contributed by atoms with E-state index in [2.05, 4.69) is 14.8 Å². The summed E-state index contributed by atoms with van der Waals surface area (Å²) in [6.07, 6.45) is 4.33. The number of nitrogens with zero attached hydrogens (tertiary/aromatic N) is 3. The second-order valence-electron chi connectivity index (χ2n) is 8.23. The molecule has 2 fully saturated rings. The van der Waals surface area contributed by atoms with Gasteiger partial charge in [-0.3, -0.25) is 0 Å². The molecule has 2 aromatic carbocycles. The molecule has 0 radical (unpaired) electrons. The first-order valence-electron chi connectivity index (χ1n) is 10.5. The van der Waals surface area contributed by atoms with Crippen LogP contribution in [0.15, 0.2) is 47.6 Å². The van der Waals surface area contributed by atoms with Gasteiger partial charge in [0.05, 0.1) is 6.61 Å². The zero-order valence-corrected chi connectivity index (χ0v) is 17.3. The molecule has 6 rings (SSSR count). The van der Waals surface area contributed by atoms with E-state index in [9.17, 15) is 4.39 Å². The van der Waals surface area contributed by atoms with Gasteiger partial charge in [0.2, 0.25) is 6.29 Å². The Balaban J connectivity index is 1.27. The minimum atomic E-state index is -0.482. The fourth-order valence-electron chi connectivity index (χ4n) is 3.98. The Morgan fingerprint density at radius 2 is 1.90 bits per heavy atom. The molecule has 2 aliphatic carbocycles. The maximum atomic E-state index is 14.3. The van der Waals surface area contributed by atoms with E-state index in [0.29, 0.717) is 24.3 Å². The third-order valence-electron chi connectivity index (χ3n) is 5.80. The van der Waals surface area contributed by atoms with Crippen LogP contribution in [0, 0.1) is 5.82 Å². The Labute approximate surface area is 178 Å². The number of aromatic nitrogens is 3. The third-order valence-corrected chi connectivity index (χ3v) is 6.79. The van der Waals surface area contributed by atoms with Crippen LogP contribution in [0.3, 0.4) is 0 Å². The van der Waals surface area contributed by atoms with E-state index in [0.717, 1.165) is 33.4 Å². The lowest BCUT2D eigenvalue weighted by atomic mass is 10.1. The molecule has 0 amide bonds. The van der Waals surface area contributed by atoms with E-state index in [1.54, 1.807) is 17.8 Å². The van der Waals surface area contributed by atoms with Gasteiger partial charge in [-0.15, -0.1) is 10.2 Å². The standard InChI is InChI=1S/C23H22FN3O2S/c24-18-10-16-12-28-22(15-4-2-1-3-5-15)29-20(16)17(11-18)13-30-23-26-25-21(14-6-7-14)27(23)19-8-9-19/h1-5,10-11,14,19,22H,6-9,12-13H2/t22-/m0/s1. The molecular weight excluding hydrogens is 401 g/mol. The number of halogens is 1. The summed E-state index contributed by atoms with van der Waals surface area (Å²) in [5, 5.41) is 9.88. The van der Waals surface area contributed by atoms with Crippen molar-refractivity contribution in [3.8, 4) is 5.75 Å². The zero-order chi connectivity index (χ0) is 20.1. The van der Waals surface area contributed by atoms with Crippen molar-refractivity contribution in [2.24, 2.45) is 0 Å². The number of rotatable bonds is 6. The van der Waals surface area contributed by atoms with Crippen molar-refractivity contribution in [3.05, 3.63) is 70.8 Å². The number of thioether (sulfide) groups is 1. The highest BCUT2D eigenvalue weighted by Gasteiger charge is 2.36. The second-order valence-corrected chi connectivity index (χ2v) is 9.17. The summed E-state index contributed by atoms with van der Waals surface area (Å²) in [6, 6.07) is 13.4. The molecule has 0 N–H and O–H groups in total. The molecule has 154 valence electrons. The predicted molar refractivity (Wildman–Crippen MR) is 111 cm³/mol. The minimum absolute atomic E-state index is 0.267. The fraction of sp³-hybridized carbons (Fsp3) is 0.391. The molecule has 2 heterocycles. The number of hydrogen-bond acceptors (Lipinski definition) is 5. The average molecular weight is 424 g/mol. The summed E-state index contributed by atoms with van der Waals surface area (Å²) < 4.78 is 28.6. The van der Waals surface area contributed by atoms with Crippen molar-refractivity contribution in [1.82, 2.24) is 14.8 Å². The Hall–Kier alpha value is -2.38. The van der Waals surface area contributed by atoms with Crippen LogP contribution in [-0.2, 0) is 17.1 Å². The van der Waals surface area contributed by atoms with Crippen molar-refractivity contribution in [2.45, 2.75) is 61.4 Å². The number of fused-ring (bicyclic) bond motifs is 1. The summed E-state index contributed by atoms with van der Waals surface area (Å²) in [5.41, 5.74) is 2.53. The van der Waals surface area contributed by atoms with E-state index in [-0.39, 0.29) is 5.82 Å². The Morgan fingerprint density at radius 3 is 2.67 bits per heavy atom. The van der Waals surface area contributed by atoms with Crippen molar-refractivity contribution in [2.75, 3.05) is 0 Å². The number of hydrogen-bond donors (Lipinski definition) is 0. The highest BCUT2D eigenvalue weighted by molar-refractivity contribution is 7.98. The van der Waals surface area contributed by atoms with Crippen LogP contribution >= 0.6 is 11.8 Å². The summed E-state index contributed by atoms with van der Waals surface area (Å²) in [6.45, 7) is 0.328. The van der Waals surface area contributed by atoms with Gasteiger partial charge in [0.15, 0.2) is 5.16 Å². The molecule has 0 unspecified atom stereocenters. The van der Waals surface area contributed by atoms with Crippen molar-refractivity contribution in [3.63, 3.8) is 0 Å². The van der Waals surface area contributed by atoms with Gasteiger partial charge < -0.3 is 14.0 Å². The second kappa shape index (κ2) is 7.39. The van der Waals surface area contributed by atoms with E-state index in [1.807, 2.05) is 30.3 Å². The normalized spacial score (nSPS) is 20.6.